The van der Waals surface area contributed by atoms with Crippen LogP contribution < -0.4 is 5.32 Å². The summed E-state index contributed by atoms with van der Waals surface area (Å²) >= 11 is 0. The summed E-state index contributed by atoms with van der Waals surface area (Å²) in [6.45, 7) is 4.83. The molecule has 0 spiro atoms. The van der Waals surface area contributed by atoms with Crippen molar-refractivity contribution in [2.75, 3.05) is 31.5 Å². The molecule has 2 fully saturated rings. The van der Waals surface area contributed by atoms with Crippen molar-refractivity contribution in [1.29, 1.82) is 0 Å². The highest BCUT2D eigenvalue weighted by Crippen LogP contribution is 2.27. The molecule has 0 radical (unpaired) electrons. The average Bonchev–Trinajstić information content (AvgIpc) is 3.38. The fourth-order valence-corrected chi connectivity index (χ4v) is 4.07. The van der Waals surface area contributed by atoms with Gasteiger partial charge in [0.15, 0.2) is 0 Å². The first-order chi connectivity index (χ1) is 13.7. The minimum Gasteiger partial charge on any atom is -0.365 e. The summed E-state index contributed by atoms with van der Waals surface area (Å²) in [5.41, 5.74) is 1.26. The van der Waals surface area contributed by atoms with Crippen molar-refractivity contribution < 1.29 is 9.59 Å². The van der Waals surface area contributed by atoms with E-state index >= 15 is 0 Å². The Morgan fingerprint density at radius 2 is 1.96 bits per heavy atom. The van der Waals surface area contributed by atoms with Crippen LogP contribution in [0.25, 0.3) is 11.0 Å². The minimum absolute atomic E-state index is 0.0233. The number of amides is 2. The second-order valence-electron chi connectivity index (χ2n) is 7.42. The van der Waals surface area contributed by atoms with Crippen LogP contribution in [0.1, 0.15) is 43.0 Å². The number of H-pyrrole nitrogens is 1. The molecule has 0 aliphatic carbocycles. The number of fused-ring (bicyclic) bond motifs is 1. The van der Waals surface area contributed by atoms with Gasteiger partial charge in [-0.2, -0.15) is 0 Å². The van der Waals surface area contributed by atoms with Crippen molar-refractivity contribution >= 4 is 28.7 Å². The van der Waals surface area contributed by atoms with E-state index in [0.29, 0.717) is 23.6 Å². The lowest BCUT2D eigenvalue weighted by atomic mass is 10.1. The molecule has 2 aliphatic rings. The zero-order chi connectivity index (χ0) is 19.5. The van der Waals surface area contributed by atoms with Gasteiger partial charge in [-0.25, -0.2) is 9.97 Å². The maximum absolute atomic E-state index is 12.9. The molecular weight excluding hydrogens is 356 g/mol. The highest BCUT2D eigenvalue weighted by molar-refractivity contribution is 6.09. The number of hydrogen-bond donors (Lipinski definition) is 2. The van der Waals surface area contributed by atoms with Crippen LogP contribution in [-0.4, -0.2) is 68.8 Å². The van der Waals surface area contributed by atoms with Crippen molar-refractivity contribution in [3.8, 4) is 0 Å². The quantitative estimate of drug-likeness (QED) is 0.791. The molecule has 0 saturated carbocycles. The summed E-state index contributed by atoms with van der Waals surface area (Å²) in [7, 11) is 0. The Hall–Kier alpha value is -2.90. The molecule has 0 bridgehead atoms. The van der Waals surface area contributed by atoms with E-state index < -0.39 is 0 Å². The van der Waals surface area contributed by atoms with E-state index in [2.05, 4.69) is 20.3 Å². The summed E-state index contributed by atoms with van der Waals surface area (Å²) in [5, 5.41) is 4.20. The number of anilines is 1. The number of aromatic amines is 1. The first kappa shape index (κ1) is 18.5. The normalized spacial score (nSPS) is 20.2. The first-order valence-electron chi connectivity index (χ1n) is 9.97. The van der Waals surface area contributed by atoms with E-state index in [9.17, 15) is 9.59 Å². The fraction of sp³-hybridized carbons (Fsp3) is 0.500. The molecule has 4 rings (SSSR count). The van der Waals surface area contributed by atoms with Crippen LogP contribution in [0.4, 0.5) is 5.82 Å². The maximum Gasteiger partial charge on any atom is 0.256 e. The molecule has 148 valence electrons. The number of nitrogens with one attached hydrogen (secondary N) is 2. The highest BCUT2D eigenvalue weighted by atomic mass is 16.2. The molecule has 2 N–H and O–H groups in total. The topological polar surface area (TPSA) is 94.2 Å². The van der Waals surface area contributed by atoms with Crippen LogP contribution in [0.15, 0.2) is 24.7 Å². The van der Waals surface area contributed by atoms with E-state index in [4.69, 9.17) is 0 Å². The molecule has 2 aliphatic heterocycles. The Morgan fingerprint density at radius 3 is 2.75 bits per heavy atom. The van der Waals surface area contributed by atoms with Crippen molar-refractivity contribution in [1.82, 2.24) is 24.8 Å². The second kappa shape index (κ2) is 8.00. The van der Waals surface area contributed by atoms with Gasteiger partial charge in [0.25, 0.3) is 5.91 Å². The predicted octanol–water partition coefficient (Wildman–Crippen LogP) is 2.17. The van der Waals surface area contributed by atoms with Gasteiger partial charge in [-0.1, -0.05) is 6.08 Å². The smallest absolute Gasteiger partial charge is 0.256 e. The van der Waals surface area contributed by atoms with Gasteiger partial charge in [-0.3, -0.25) is 9.59 Å². The Labute approximate surface area is 164 Å². The largest absolute Gasteiger partial charge is 0.365 e. The molecule has 28 heavy (non-hydrogen) atoms. The summed E-state index contributed by atoms with van der Waals surface area (Å²) in [5.74, 6) is 0.711. The fourth-order valence-electron chi connectivity index (χ4n) is 4.07. The van der Waals surface area contributed by atoms with Crippen molar-refractivity contribution in [3.05, 3.63) is 30.2 Å². The maximum atomic E-state index is 12.9. The number of likely N-dealkylation sites (tertiary alicyclic amines) is 2. The van der Waals surface area contributed by atoms with E-state index in [1.54, 1.807) is 18.3 Å². The Bertz CT molecular complexity index is 899. The van der Waals surface area contributed by atoms with Crippen LogP contribution in [0.2, 0.25) is 0 Å². The van der Waals surface area contributed by atoms with Crippen molar-refractivity contribution in [3.63, 3.8) is 0 Å². The lowest BCUT2D eigenvalue weighted by molar-refractivity contribution is -0.127. The van der Waals surface area contributed by atoms with Gasteiger partial charge in [0.1, 0.15) is 17.8 Å². The lowest BCUT2D eigenvalue weighted by Gasteiger charge is -2.33. The van der Waals surface area contributed by atoms with E-state index in [0.717, 1.165) is 50.7 Å². The van der Waals surface area contributed by atoms with Gasteiger partial charge < -0.3 is 20.1 Å². The van der Waals surface area contributed by atoms with Crippen molar-refractivity contribution in [2.45, 2.75) is 38.6 Å². The number of carbonyl (C=O) groups is 2. The molecule has 8 heteroatoms. The van der Waals surface area contributed by atoms with Crippen LogP contribution in [0.5, 0.6) is 0 Å². The van der Waals surface area contributed by atoms with E-state index in [1.807, 2.05) is 16.7 Å². The van der Waals surface area contributed by atoms with E-state index in [-0.39, 0.29) is 17.9 Å². The molecular formula is C20H26N6O2. The van der Waals surface area contributed by atoms with Gasteiger partial charge in [0.2, 0.25) is 5.91 Å². The summed E-state index contributed by atoms with van der Waals surface area (Å²) in [4.78, 5) is 40.7. The molecule has 2 amide bonds. The van der Waals surface area contributed by atoms with Gasteiger partial charge in [0, 0.05) is 38.4 Å². The number of aromatic nitrogens is 3. The predicted molar refractivity (Wildman–Crippen MR) is 107 cm³/mol. The second-order valence-corrected chi connectivity index (χ2v) is 7.42. The third kappa shape index (κ3) is 3.58. The Morgan fingerprint density at radius 1 is 1.18 bits per heavy atom. The number of carbonyl (C=O) groups excluding carboxylic acids is 2. The zero-order valence-electron chi connectivity index (χ0n) is 16.1. The van der Waals surface area contributed by atoms with Crippen LogP contribution in [0.3, 0.4) is 0 Å². The molecule has 0 aromatic carbocycles. The third-order valence-electron chi connectivity index (χ3n) is 5.48. The minimum atomic E-state index is 0.0233. The van der Waals surface area contributed by atoms with Gasteiger partial charge in [-0.05, 0) is 38.7 Å². The summed E-state index contributed by atoms with van der Waals surface area (Å²) < 4.78 is 0. The number of rotatable bonds is 4. The lowest BCUT2D eigenvalue weighted by Crippen LogP contribution is -2.44. The standard InChI is InChI=1S/C20H26N6O2/c1-2-6-16(27)26-10-5-7-14(12-26)24-19-17-15(11-21-18(17)22-13-23-19)20(28)25-8-3-4-9-25/h2,6,11,13-14H,3-5,7-10,12H2,1H3,(H2,21,22,23,24)/b6-2+/t14-/m1/s1. The van der Waals surface area contributed by atoms with Crippen LogP contribution in [0, 0.1) is 0 Å². The Balaban J connectivity index is 1.57. The SMILES string of the molecule is C/C=C/C(=O)N1CCC[C@@H](Nc2ncnc3[nH]cc(C(=O)N4CCCC4)c23)C1. The molecule has 2 aromatic rings. The zero-order valence-corrected chi connectivity index (χ0v) is 16.1. The first-order valence-corrected chi connectivity index (χ1v) is 9.97. The monoisotopic (exact) mass is 382 g/mol. The molecule has 2 aromatic heterocycles. The molecule has 2 saturated heterocycles. The summed E-state index contributed by atoms with van der Waals surface area (Å²) in [6.07, 6.45) is 10.6. The van der Waals surface area contributed by atoms with E-state index in [1.165, 1.54) is 6.33 Å². The Kier molecular flexibility index (Phi) is 5.27. The molecule has 0 unspecified atom stereocenters. The number of allylic oxidation sites excluding steroid dienone is 1. The van der Waals surface area contributed by atoms with Crippen LogP contribution in [-0.2, 0) is 4.79 Å². The van der Waals surface area contributed by atoms with Gasteiger partial charge in [0.05, 0.1) is 10.9 Å². The van der Waals surface area contributed by atoms with Crippen molar-refractivity contribution in [2.24, 2.45) is 0 Å². The third-order valence-corrected chi connectivity index (χ3v) is 5.48. The molecule has 4 heterocycles. The number of piperidine rings is 1. The number of nitrogens with zero attached hydrogens (tertiary/aromatic N) is 4. The highest BCUT2D eigenvalue weighted by Gasteiger charge is 2.27. The molecule has 8 nitrogen and oxygen atoms in total. The summed E-state index contributed by atoms with van der Waals surface area (Å²) in [6, 6.07) is 0.0886. The van der Waals surface area contributed by atoms with Gasteiger partial charge in [-0.15, -0.1) is 0 Å². The number of hydrogen-bond acceptors (Lipinski definition) is 5. The molecule has 1 atom stereocenters. The van der Waals surface area contributed by atoms with Crippen LogP contribution >= 0.6 is 0 Å². The average molecular weight is 382 g/mol. The van der Waals surface area contributed by atoms with Gasteiger partial charge >= 0.3 is 0 Å².